The monoisotopic (exact) mass is 254 g/mol. The highest BCUT2D eigenvalue weighted by Gasteiger charge is 2.21. The van der Waals surface area contributed by atoms with Gasteiger partial charge in [0.1, 0.15) is 5.82 Å². The van der Waals surface area contributed by atoms with Crippen molar-refractivity contribution in [2.24, 2.45) is 0 Å². The molecule has 0 aliphatic rings. The van der Waals surface area contributed by atoms with E-state index in [4.69, 9.17) is 5.73 Å². The van der Waals surface area contributed by atoms with Crippen LogP contribution in [0.2, 0.25) is 0 Å². The van der Waals surface area contributed by atoms with E-state index in [0.717, 1.165) is 12.5 Å². The molecule has 0 radical (unpaired) electrons. The number of nitrogen functional groups attached to an aromatic ring is 1. The average Bonchev–Trinajstić information content (AvgIpc) is 2.29. The van der Waals surface area contributed by atoms with Gasteiger partial charge in [0.2, 0.25) is 0 Å². The summed E-state index contributed by atoms with van der Waals surface area (Å²) in [7, 11) is 0. The quantitative estimate of drug-likeness (QED) is 0.700. The summed E-state index contributed by atoms with van der Waals surface area (Å²) in [4.78, 5) is 11.8. The van der Waals surface area contributed by atoms with Crippen molar-refractivity contribution in [3.63, 3.8) is 0 Å². The summed E-state index contributed by atoms with van der Waals surface area (Å²) in [6.45, 7) is 3.70. The van der Waals surface area contributed by atoms with E-state index in [0.29, 0.717) is 6.42 Å². The van der Waals surface area contributed by atoms with Crippen LogP contribution in [0, 0.1) is 5.82 Å². The van der Waals surface area contributed by atoms with Crippen LogP contribution in [0.1, 0.15) is 37.0 Å². The maximum absolute atomic E-state index is 13.0. The minimum atomic E-state index is -0.966. The van der Waals surface area contributed by atoms with Crippen molar-refractivity contribution in [2.75, 3.05) is 12.3 Å². The zero-order valence-electron chi connectivity index (χ0n) is 10.7. The lowest BCUT2D eigenvalue weighted by atomic mass is 10.0. The number of nitrogens with one attached hydrogen (secondary N) is 1. The first-order valence-electron chi connectivity index (χ1n) is 5.91. The fourth-order valence-electron chi connectivity index (χ4n) is 1.72. The smallest absolute Gasteiger partial charge is 0.253 e. The summed E-state index contributed by atoms with van der Waals surface area (Å²) in [5, 5.41) is 12.5. The number of amides is 1. The predicted octanol–water partition coefficient (Wildman–Crippen LogP) is 1.69. The molecule has 0 fully saturated rings. The third-order valence-electron chi connectivity index (χ3n) is 2.68. The van der Waals surface area contributed by atoms with Gasteiger partial charge >= 0.3 is 0 Å². The van der Waals surface area contributed by atoms with E-state index in [1.807, 2.05) is 6.92 Å². The molecule has 1 atom stereocenters. The summed E-state index contributed by atoms with van der Waals surface area (Å²) in [6.07, 6.45) is 1.39. The van der Waals surface area contributed by atoms with Crippen molar-refractivity contribution in [1.29, 1.82) is 0 Å². The van der Waals surface area contributed by atoms with E-state index in [-0.39, 0.29) is 17.8 Å². The number of hydrogen-bond acceptors (Lipinski definition) is 3. The van der Waals surface area contributed by atoms with Crippen molar-refractivity contribution < 1.29 is 14.3 Å². The predicted molar refractivity (Wildman–Crippen MR) is 68.7 cm³/mol. The molecular formula is C13H19FN2O2. The lowest BCUT2D eigenvalue weighted by Gasteiger charge is -2.23. The summed E-state index contributed by atoms with van der Waals surface area (Å²) in [6, 6.07) is 3.62. The Hall–Kier alpha value is -1.62. The maximum atomic E-state index is 13.0. The second-order valence-electron chi connectivity index (χ2n) is 4.66. The van der Waals surface area contributed by atoms with Gasteiger partial charge in [-0.15, -0.1) is 0 Å². The molecule has 18 heavy (non-hydrogen) atoms. The van der Waals surface area contributed by atoms with Crippen LogP contribution >= 0.6 is 0 Å². The molecule has 0 spiro atoms. The molecular weight excluding hydrogens is 235 g/mol. The molecule has 0 saturated heterocycles. The largest absolute Gasteiger partial charge is 0.398 e. The normalized spacial score (nSPS) is 14.0. The number of anilines is 1. The van der Waals surface area contributed by atoms with Gasteiger partial charge in [0, 0.05) is 12.2 Å². The van der Waals surface area contributed by atoms with E-state index < -0.39 is 17.3 Å². The average molecular weight is 254 g/mol. The molecule has 1 unspecified atom stereocenters. The number of halogens is 1. The van der Waals surface area contributed by atoms with E-state index in [1.165, 1.54) is 12.1 Å². The topological polar surface area (TPSA) is 75.3 Å². The second-order valence-corrected chi connectivity index (χ2v) is 4.66. The molecule has 5 heteroatoms. The van der Waals surface area contributed by atoms with Gasteiger partial charge in [-0.05, 0) is 31.5 Å². The molecule has 1 rings (SSSR count). The molecule has 100 valence electrons. The van der Waals surface area contributed by atoms with Gasteiger partial charge in [-0.25, -0.2) is 4.39 Å². The number of rotatable bonds is 5. The Bertz CT molecular complexity index is 433. The minimum Gasteiger partial charge on any atom is -0.398 e. The molecule has 0 aliphatic carbocycles. The summed E-state index contributed by atoms with van der Waals surface area (Å²) in [5.74, 6) is -1.00. The van der Waals surface area contributed by atoms with Gasteiger partial charge < -0.3 is 16.2 Å². The third kappa shape index (κ3) is 4.00. The molecule has 0 aromatic heterocycles. The van der Waals surface area contributed by atoms with Crippen LogP contribution in [0.3, 0.4) is 0 Å². The van der Waals surface area contributed by atoms with E-state index >= 15 is 0 Å². The first-order chi connectivity index (χ1) is 8.35. The van der Waals surface area contributed by atoms with Crippen molar-refractivity contribution in [3.8, 4) is 0 Å². The Morgan fingerprint density at radius 3 is 2.83 bits per heavy atom. The molecule has 1 amide bonds. The maximum Gasteiger partial charge on any atom is 0.253 e. The first-order valence-corrected chi connectivity index (χ1v) is 5.91. The van der Waals surface area contributed by atoms with Crippen LogP contribution in [0.4, 0.5) is 10.1 Å². The number of benzene rings is 1. The fourth-order valence-corrected chi connectivity index (χ4v) is 1.72. The van der Waals surface area contributed by atoms with E-state index in [2.05, 4.69) is 5.32 Å². The van der Waals surface area contributed by atoms with Crippen molar-refractivity contribution >= 4 is 11.6 Å². The molecule has 0 saturated carbocycles. The van der Waals surface area contributed by atoms with Crippen molar-refractivity contribution in [3.05, 3.63) is 29.6 Å². The lowest BCUT2D eigenvalue weighted by molar-refractivity contribution is 0.0470. The first kappa shape index (κ1) is 14.4. The summed E-state index contributed by atoms with van der Waals surface area (Å²) in [5.41, 5.74) is 4.93. The lowest BCUT2D eigenvalue weighted by Crippen LogP contribution is -2.40. The van der Waals surface area contributed by atoms with Gasteiger partial charge in [-0.2, -0.15) is 0 Å². The molecule has 0 aliphatic heterocycles. The second kappa shape index (κ2) is 5.82. The summed E-state index contributed by atoms with van der Waals surface area (Å²) >= 11 is 0. The van der Waals surface area contributed by atoms with E-state index in [1.54, 1.807) is 6.92 Å². The highest BCUT2D eigenvalue weighted by atomic mass is 19.1. The van der Waals surface area contributed by atoms with Gasteiger partial charge in [0.25, 0.3) is 5.91 Å². The summed E-state index contributed by atoms with van der Waals surface area (Å²) < 4.78 is 13.0. The van der Waals surface area contributed by atoms with Gasteiger partial charge in [-0.1, -0.05) is 13.3 Å². The number of aliphatic hydroxyl groups is 1. The van der Waals surface area contributed by atoms with Crippen molar-refractivity contribution in [2.45, 2.75) is 32.3 Å². The number of nitrogens with two attached hydrogens (primary N) is 1. The molecule has 0 bridgehead atoms. The van der Waals surface area contributed by atoms with Gasteiger partial charge in [-0.3, -0.25) is 4.79 Å². The Labute approximate surface area is 106 Å². The van der Waals surface area contributed by atoms with Crippen LogP contribution in [-0.4, -0.2) is 23.2 Å². The van der Waals surface area contributed by atoms with Crippen LogP contribution < -0.4 is 11.1 Å². The zero-order chi connectivity index (χ0) is 13.8. The zero-order valence-corrected chi connectivity index (χ0v) is 10.7. The fraction of sp³-hybridized carbons (Fsp3) is 0.462. The highest BCUT2D eigenvalue weighted by Crippen LogP contribution is 2.14. The molecule has 0 heterocycles. The Balaban J connectivity index is 2.69. The SMILES string of the molecule is CCCC(C)(O)CNC(=O)c1cc(F)ccc1N. The Morgan fingerprint density at radius 1 is 1.56 bits per heavy atom. The molecule has 4 nitrogen and oxygen atoms in total. The number of hydrogen-bond donors (Lipinski definition) is 3. The Morgan fingerprint density at radius 2 is 2.22 bits per heavy atom. The van der Waals surface area contributed by atoms with Crippen LogP contribution in [0.15, 0.2) is 18.2 Å². The Kier molecular flexibility index (Phi) is 4.67. The van der Waals surface area contributed by atoms with Crippen molar-refractivity contribution in [1.82, 2.24) is 5.32 Å². The van der Waals surface area contributed by atoms with Crippen LogP contribution in [0.5, 0.6) is 0 Å². The number of carbonyl (C=O) groups is 1. The minimum absolute atomic E-state index is 0.0855. The third-order valence-corrected chi connectivity index (χ3v) is 2.68. The van der Waals surface area contributed by atoms with Gasteiger partial charge in [0.15, 0.2) is 0 Å². The van der Waals surface area contributed by atoms with Crippen LogP contribution in [0.25, 0.3) is 0 Å². The highest BCUT2D eigenvalue weighted by molar-refractivity contribution is 5.99. The molecule has 4 N–H and O–H groups in total. The van der Waals surface area contributed by atoms with E-state index in [9.17, 15) is 14.3 Å². The van der Waals surface area contributed by atoms with Crippen LogP contribution in [-0.2, 0) is 0 Å². The molecule has 1 aromatic carbocycles. The van der Waals surface area contributed by atoms with Gasteiger partial charge in [0.05, 0.1) is 11.2 Å². The standard InChI is InChI=1S/C13H19FN2O2/c1-3-6-13(2,18)8-16-12(17)10-7-9(14)4-5-11(10)15/h4-5,7,18H,3,6,8,15H2,1-2H3,(H,16,17). The molecule has 1 aromatic rings. The number of carbonyl (C=O) groups excluding carboxylic acids is 1.